The Hall–Kier alpha value is -0.670. The number of thiazole rings is 1. The molecule has 0 saturated carbocycles. The predicted octanol–water partition coefficient (Wildman–Crippen LogP) is 1.59. The minimum atomic E-state index is 0.179. The summed E-state index contributed by atoms with van der Waals surface area (Å²) in [7, 11) is 0. The first kappa shape index (κ1) is 8.43. The van der Waals surface area contributed by atoms with Crippen LogP contribution in [-0.4, -0.2) is 11.0 Å². The van der Waals surface area contributed by atoms with Crippen molar-refractivity contribution < 1.29 is 0 Å². The van der Waals surface area contributed by atoms with Crippen LogP contribution in [0.5, 0.6) is 0 Å². The summed E-state index contributed by atoms with van der Waals surface area (Å²) in [5, 5.41) is 3.08. The lowest BCUT2D eigenvalue weighted by atomic mass is 10.1. The summed E-state index contributed by atoms with van der Waals surface area (Å²) in [6.45, 7) is 3.63. The molecule has 2 N–H and O–H groups in total. The second-order valence-electron chi connectivity index (χ2n) is 2.41. The molecule has 60 valence electrons. The van der Waals surface area contributed by atoms with Crippen LogP contribution in [0.3, 0.4) is 0 Å². The second kappa shape index (κ2) is 4.26. The molecule has 1 atom stereocenters. The van der Waals surface area contributed by atoms with Gasteiger partial charge in [0.25, 0.3) is 0 Å². The van der Waals surface area contributed by atoms with Crippen molar-refractivity contribution in [3.05, 3.63) is 29.2 Å². The molecule has 0 spiro atoms. The molecule has 0 aliphatic heterocycles. The largest absolute Gasteiger partial charge is 0.327 e. The number of hydrogen-bond acceptors (Lipinski definition) is 3. The summed E-state index contributed by atoms with van der Waals surface area (Å²) >= 11 is 1.65. The Morgan fingerprint density at radius 3 is 3.18 bits per heavy atom. The zero-order valence-electron chi connectivity index (χ0n) is 6.36. The molecule has 11 heavy (non-hydrogen) atoms. The topological polar surface area (TPSA) is 38.9 Å². The molecule has 0 radical (unpaired) electrons. The molecular formula is C8H12N2S. The van der Waals surface area contributed by atoms with Crippen molar-refractivity contribution in [3.63, 3.8) is 0 Å². The molecule has 3 heteroatoms. The van der Waals surface area contributed by atoms with Crippen LogP contribution < -0.4 is 5.73 Å². The van der Waals surface area contributed by atoms with Crippen molar-refractivity contribution in [2.75, 3.05) is 0 Å². The van der Waals surface area contributed by atoms with Crippen LogP contribution in [0.2, 0.25) is 0 Å². The Kier molecular flexibility index (Phi) is 3.26. The second-order valence-corrected chi connectivity index (χ2v) is 3.39. The van der Waals surface area contributed by atoms with Gasteiger partial charge < -0.3 is 5.73 Å². The fourth-order valence-electron chi connectivity index (χ4n) is 0.875. The smallest absolute Gasteiger partial charge is 0.0940 e. The molecule has 0 bridgehead atoms. The zero-order chi connectivity index (χ0) is 8.10. The molecule has 1 unspecified atom stereocenters. The van der Waals surface area contributed by atoms with E-state index in [0.29, 0.717) is 0 Å². The van der Waals surface area contributed by atoms with Gasteiger partial charge in [0, 0.05) is 24.0 Å². The number of hydrogen-bond donors (Lipinski definition) is 1. The van der Waals surface area contributed by atoms with E-state index in [1.807, 2.05) is 11.5 Å². The summed E-state index contributed by atoms with van der Waals surface area (Å²) in [4.78, 5) is 4.14. The first-order chi connectivity index (χ1) is 5.33. The van der Waals surface area contributed by atoms with Gasteiger partial charge in [-0.05, 0) is 6.42 Å². The van der Waals surface area contributed by atoms with Gasteiger partial charge in [0.05, 0.1) is 5.01 Å². The summed E-state index contributed by atoms with van der Waals surface area (Å²) in [6, 6.07) is 0.179. The monoisotopic (exact) mass is 168 g/mol. The SMILES string of the molecule is C=CCC(N)Cc1nccs1. The third-order valence-electron chi connectivity index (χ3n) is 1.39. The lowest BCUT2D eigenvalue weighted by Gasteiger charge is -2.04. The molecular weight excluding hydrogens is 156 g/mol. The Morgan fingerprint density at radius 1 is 1.82 bits per heavy atom. The lowest BCUT2D eigenvalue weighted by molar-refractivity contribution is 0.677. The number of rotatable bonds is 4. The van der Waals surface area contributed by atoms with Crippen LogP contribution in [-0.2, 0) is 6.42 Å². The summed E-state index contributed by atoms with van der Waals surface area (Å²) in [5.41, 5.74) is 5.77. The van der Waals surface area contributed by atoms with E-state index in [2.05, 4.69) is 11.6 Å². The van der Waals surface area contributed by atoms with Crippen LogP contribution >= 0.6 is 11.3 Å². The van der Waals surface area contributed by atoms with Crippen LogP contribution in [0, 0.1) is 0 Å². The minimum Gasteiger partial charge on any atom is -0.327 e. The molecule has 1 aromatic heterocycles. The third-order valence-corrected chi connectivity index (χ3v) is 2.19. The van der Waals surface area contributed by atoms with Gasteiger partial charge in [-0.2, -0.15) is 0 Å². The van der Waals surface area contributed by atoms with Crippen molar-refractivity contribution in [3.8, 4) is 0 Å². The normalized spacial score (nSPS) is 12.8. The fourth-order valence-corrected chi connectivity index (χ4v) is 1.59. The Bertz CT molecular complexity index is 206. The quantitative estimate of drug-likeness (QED) is 0.693. The van der Waals surface area contributed by atoms with Gasteiger partial charge in [0.1, 0.15) is 0 Å². The van der Waals surface area contributed by atoms with E-state index < -0.39 is 0 Å². The Balaban J connectivity index is 2.37. The highest BCUT2D eigenvalue weighted by atomic mass is 32.1. The highest BCUT2D eigenvalue weighted by Crippen LogP contribution is 2.07. The maximum absolute atomic E-state index is 5.77. The molecule has 1 heterocycles. The van der Waals surface area contributed by atoms with E-state index >= 15 is 0 Å². The summed E-state index contributed by atoms with van der Waals surface area (Å²) < 4.78 is 0. The van der Waals surface area contributed by atoms with E-state index in [9.17, 15) is 0 Å². The summed E-state index contributed by atoms with van der Waals surface area (Å²) in [5.74, 6) is 0. The van der Waals surface area contributed by atoms with Gasteiger partial charge in [-0.3, -0.25) is 0 Å². The van der Waals surface area contributed by atoms with Gasteiger partial charge >= 0.3 is 0 Å². The molecule has 1 rings (SSSR count). The van der Waals surface area contributed by atoms with Gasteiger partial charge in [-0.1, -0.05) is 6.08 Å². The standard InChI is InChI=1S/C8H12N2S/c1-2-3-7(9)6-8-10-4-5-11-8/h2,4-5,7H,1,3,6,9H2. The van der Waals surface area contributed by atoms with E-state index in [4.69, 9.17) is 5.73 Å². The Morgan fingerprint density at radius 2 is 2.64 bits per heavy atom. The zero-order valence-corrected chi connectivity index (χ0v) is 7.18. The van der Waals surface area contributed by atoms with Crippen molar-refractivity contribution in [2.24, 2.45) is 5.73 Å². The van der Waals surface area contributed by atoms with Gasteiger partial charge in [0.2, 0.25) is 0 Å². The first-order valence-corrected chi connectivity index (χ1v) is 4.45. The lowest BCUT2D eigenvalue weighted by Crippen LogP contribution is -2.21. The van der Waals surface area contributed by atoms with Gasteiger partial charge in [-0.25, -0.2) is 4.98 Å². The predicted molar refractivity (Wildman–Crippen MR) is 48.6 cm³/mol. The van der Waals surface area contributed by atoms with Gasteiger partial charge in [-0.15, -0.1) is 17.9 Å². The third kappa shape index (κ3) is 2.82. The van der Waals surface area contributed by atoms with E-state index in [1.54, 1.807) is 17.5 Å². The van der Waals surface area contributed by atoms with E-state index in [-0.39, 0.29) is 6.04 Å². The maximum Gasteiger partial charge on any atom is 0.0940 e. The molecule has 0 aliphatic rings. The first-order valence-electron chi connectivity index (χ1n) is 3.57. The maximum atomic E-state index is 5.77. The minimum absolute atomic E-state index is 0.179. The van der Waals surface area contributed by atoms with Crippen molar-refractivity contribution >= 4 is 11.3 Å². The number of nitrogens with two attached hydrogens (primary N) is 1. The molecule has 0 amide bonds. The highest BCUT2D eigenvalue weighted by molar-refractivity contribution is 7.09. The molecule has 0 saturated heterocycles. The highest BCUT2D eigenvalue weighted by Gasteiger charge is 2.02. The molecule has 2 nitrogen and oxygen atoms in total. The molecule has 0 aliphatic carbocycles. The van der Waals surface area contributed by atoms with Crippen molar-refractivity contribution in [1.82, 2.24) is 4.98 Å². The fraction of sp³-hybridized carbons (Fsp3) is 0.375. The van der Waals surface area contributed by atoms with Crippen molar-refractivity contribution in [2.45, 2.75) is 18.9 Å². The molecule has 0 aromatic carbocycles. The van der Waals surface area contributed by atoms with Crippen LogP contribution in [0.1, 0.15) is 11.4 Å². The van der Waals surface area contributed by atoms with Crippen molar-refractivity contribution in [1.29, 1.82) is 0 Å². The van der Waals surface area contributed by atoms with Gasteiger partial charge in [0.15, 0.2) is 0 Å². The van der Waals surface area contributed by atoms with E-state index in [1.165, 1.54) is 0 Å². The summed E-state index contributed by atoms with van der Waals surface area (Å²) in [6.07, 6.45) is 5.38. The number of aromatic nitrogens is 1. The van der Waals surface area contributed by atoms with Crippen LogP contribution in [0.4, 0.5) is 0 Å². The van der Waals surface area contributed by atoms with E-state index in [0.717, 1.165) is 17.8 Å². The average Bonchev–Trinajstić information content (AvgIpc) is 2.40. The van der Waals surface area contributed by atoms with Crippen LogP contribution in [0.15, 0.2) is 24.2 Å². The number of nitrogens with zero attached hydrogens (tertiary/aromatic N) is 1. The Labute approximate surface area is 70.8 Å². The average molecular weight is 168 g/mol. The molecule has 0 fully saturated rings. The molecule has 1 aromatic rings. The van der Waals surface area contributed by atoms with Crippen LogP contribution in [0.25, 0.3) is 0 Å².